The Morgan fingerprint density at radius 2 is 0.807 bits per heavy atom. The number of ether oxygens (including phenoxy) is 1. The molecule has 1 amide bonds. The lowest BCUT2D eigenvalue weighted by molar-refractivity contribution is 0.0481. The maximum absolute atomic E-state index is 12.6. The topological polar surface area (TPSA) is 272 Å². The molecule has 0 aliphatic carbocycles. The van der Waals surface area contributed by atoms with Crippen LogP contribution in [-0.2, 0) is 51.0 Å². The van der Waals surface area contributed by atoms with Crippen molar-refractivity contribution in [2.45, 2.75) is 239 Å². The summed E-state index contributed by atoms with van der Waals surface area (Å²) < 4.78 is 71.9. The van der Waals surface area contributed by atoms with Crippen LogP contribution in [-0.4, -0.2) is 140 Å². The van der Waals surface area contributed by atoms with Crippen molar-refractivity contribution < 1.29 is 60.0 Å². The van der Waals surface area contributed by atoms with E-state index in [1.807, 2.05) is 177 Å². The van der Waals surface area contributed by atoms with Crippen molar-refractivity contribution in [2.75, 3.05) is 38.4 Å². The number of rotatable bonds is 22. The van der Waals surface area contributed by atoms with Gasteiger partial charge in [-0.05, 0) is 234 Å². The molecule has 6 aromatic carbocycles. The number of hydrogen-bond donors (Lipinski definition) is 5. The Kier molecular flexibility index (Phi) is 52.3. The Labute approximate surface area is 785 Å². The van der Waals surface area contributed by atoms with Gasteiger partial charge in [0.1, 0.15) is 23.2 Å². The molecule has 1 aromatic heterocycles. The van der Waals surface area contributed by atoms with Crippen LogP contribution in [0.15, 0.2) is 188 Å². The Balaban J connectivity index is 0.00000138. The fraction of sp³-hybridized carbons (Fsp3) is 0.494. The molecule has 5 atom stereocenters. The third-order valence-electron chi connectivity index (χ3n) is 18.2. The van der Waals surface area contributed by atoms with E-state index in [1.165, 1.54) is 0 Å². The fourth-order valence-electron chi connectivity index (χ4n) is 7.49. The van der Waals surface area contributed by atoms with Gasteiger partial charge in [-0.15, -0.1) is 11.3 Å². The molecule has 18 nitrogen and oxygen atoms in total. The monoisotopic (exact) mass is 2220 g/mol. The minimum Gasteiger partial charge on any atom is -0.444 e. The van der Waals surface area contributed by atoms with Crippen LogP contribution >= 0.6 is 123 Å². The lowest BCUT2D eigenvalue weighted by Gasteiger charge is -2.37. The van der Waals surface area contributed by atoms with E-state index in [0.717, 1.165) is 60.5 Å². The summed E-state index contributed by atoms with van der Waals surface area (Å²) in [5, 5.41) is 28.3. The number of aliphatic hydroxyl groups excluding tert-OH is 2. The zero-order valence-electron chi connectivity index (χ0n) is 74.5. The van der Waals surface area contributed by atoms with E-state index in [9.17, 15) is 36.9 Å². The minimum atomic E-state index is -1.90. The second-order valence-corrected chi connectivity index (χ2v) is 62.7. The van der Waals surface area contributed by atoms with Crippen molar-refractivity contribution in [1.82, 2.24) is 15.0 Å². The number of nitrogens with two attached hydrogens (primary N) is 1. The molecule has 0 fully saturated rings. The maximum atomic E-state index is 12.6. The predicted molar refractivity (Wildman–Crippen MR) is 535 cm³/mol. The zero-order chi connectivity index (χ0) is 92.3. The number of alkyl carbamates (subject to hydrolysis) is 1. The van der Waals surface area contributed by atoms with E-state index in [2.05, 4.69) is 245 Å². The molecule has 0 aliphatic heterocycles. The minimum absolute atomic E-state index is 0.0484. The number of aliphatic hydroxyl groups is 2. The highest BCUT2D eigenvalue weighted by atomic mass is 79.9. The van der Waals surface area contributed by atoms with Crippen molar-refractivity contribution in [1.29, 1.82) is 0 Å². The first-order valence-electron chi connectivity index (χ1n) is 38.3. The number of carbonyl (C=O) groups is 4. The molecule has 7 rings (SSSR count). The number of hydrogen-bond acceptors (Lipinski definition) is 15. The summed E-state index contributed by atoms with van der Waals surface area (Å²) in [4.78, 5) is 49.5. The molecule has 32 heteroatoms. The number of aromatic nitrogens is 1. The van der Waals surface area contributed by atoms with E-state index in [0.29, 0.717) is 29.7 Å². The second kappa shape index (κ2) is 53.7. The largest absolute Gasteiger partial charge is 0.444 e. The number of benzene rings is 6. The van der Waals surface area contributed by atoms with Crippen LogP contribution in [0, 0.1) is 6.92 Å². The highest BCUT2D eigenvalue weighted by Crippen LogP contribution is 2.39. The Morgan fingerprint density at radius 1 is 0.479 bits per heavy atom. The number of ketones is 3. The third kappa shape index (κ3) is 48.6. The summed E-state index contributed by atoms with van der Waals surface area (Å²) in [7, 11) is -9.24. The normalized spacial score (nSPS) is 13.4. The molecule has 6 N–H and O–H groups in total. The summed E-state index contributed by atoms with van der Waals surface area (Å²) >= 11 is 24.9. The van der Waals surface area contributed by atoms with Crippen molar-refractivity contribution in [2.24, 2.45) is 9.54 Å². The van der Waals surface area contributed by atoms with Crippen LogP contribution in [0.2, 0.25) is 54.4 Å². The molecule has 0 aliphatic rings. The van der Waals surface area contributed by atoms with Crippen LogP contribution in [0.4, 0.5) is 4.79 Å². The SMILES string of the molecule is CC(C)(C)OC(=O)N[C@@H](CO)c1ccc(Br)cc1.CC(C)(C)[S@@](N)=O.CC(C)(C)[S@](=O)N=C(CO[Si](C)(C)C(C)(C)C)c1ccc(Br)cc1.CC(C)(C)[S@](=O)N[C@@H](CO[Si](C)(C)C(C)(C)C)c1ccc(Br)cc1.CC(C)(C)[Si](C)(C)OCC(=O)c1ccc(Br)cc1.Cc1cscn1.O=C(CBr)c1ccc(Br)cc1.O=C(CO)c1ccc(Br)cc1. The summed E-state index contributed by atoms with van der Waals surface area (Å²) in [6.07, 6.45) is -0.538. The highest BCUT2D eigenvalue weighted by Gasteiger charge is 2.40. The highest BCUT2D eigenvalue weighted by molar-refractivity contribution is 9.11. The first kappa shape index (κ1) is 116. The van der Waals surface area contributed by atoms with Gasteiger partial charge in [-0.3, -0.25) is 24.5 Å². The summed E-state index contributed by atoms with van der Waals surface area (Å²) in [5.41, 5.74) is 7.99. The zero-order valence-corrected chi connectivity index (χ0v) is 91.9. The van der Waals surface area contributed by atoms with Crippen LogP contribution in [0.1, 0.15) is 211 Å². The standard InChI is InChI=1S/C18H32BrNO2SSi.C18H30BrNO2SSi.C14H21BrO2Si.C13H18BrNO3.C8H6Br2O.C8H7BrO2.C4H11NOS.C4H5NS/c2*1-17(2,3)23(21)20-16(14-9-11-15(19)12-10-14)13-22-24(7,8)18(4,5)6;1-14(2,3)18(4,5)17-10-13(16)11-6-8-12(15)9-7-11;1-13(2,3)18-12(17)15-11(8-16)9-4-6-10(14)7-5-9;9-5-8(11)6-1-3-7(10)4-2-6;9-7-3-1-6(2-4-7)8(11)5-10;1-4(2,3)7(5)6;1-4-2-6-3-5-4/h9-12,16,20H,13H2,1-8H3;9-12H,13H2,1-8H3;6-9H,10H2,1-5H3;4-7,11,16H,8H2,1-3H3,(H,15,17);1-4H,5H2;1-4,10H,5H2;5H2,1-3H3;2-3H,1H3/t16-,23-;23-;;11-;;;7-;/m00.0..0./s1. The summed E-state index contributed by atoms with van der Waals surface area (Å²) in [5.74, 6) is -0.0951. The second-order valence-electron chi connectivity index (χ2n) is 35.7. The molecule has 666 valence electrons. The number of Topliss-reactive ketones (excluding diaryl/α,β-unsaturated/α-hetero) is 3. The first-order valence-corrected chi connectivity index (χ1v) is 57.3. The van der Waals surface area contributed by atoms with Crippen LogP contribution < -0.4 is 15.2 Å². The van der Waals surface area contributed by atoms with Crippen molar-refractivity contribution >= 4 is 210 Å². The number of thiazole rings is 1. The molecule has 1 heterocycles. The van der Waals surface area contributed by atoms with Gasteiger partial charge in [0.2, 0.25) is 0 Å². The molecule has 0 radical (unpaired) electrons. The summed E-state index contributed by atoms with van der Waals surface area (Å²) in [6, 6.07) is 44.4. The number of nitrogens with one attached hydrogen (secondary N) is 2. The first-order chi connectivity index (χ1) is 54.2. The average Bonchev–Trinajstić information content (AvgIpc) is 0.859. The quantitative estimate of drug-likeness (QED) is 0.0183. The van der Waals surface area contributed by atoms with Gasteiger partial charge in [-0.25, -0.2) is 22.1 Å². The Bertz CT molecular complexity index is 4220. The third-order valence-corrected chi connectivity index (χ3v) is 40.3. The Morgan fingerprint density at radius 3 is 1.09 bits per heavy atom. The van der Waals surface area contributed by atoms with Crippen LogP contribution in [0.3, 0.4) is 0 Å². The van der Waals surface area contributed by atoms with Crippen LogP contribution in [0.25, 0.3) is 0 Å². The molecule has 0 spiro atoms. The number of carbonyl (C=O) groups excluding carboxylic acids is 4. The van der Waals surface area contributed by atoms with Gasteiger partial charge < -0.3 is 33.5 Å². The van der Waals surface area contributed by atoms with Gasteiger partial charge in [0.05, 0.1) is 91.3 Å². The van der Waals surface area contributed by atoms with Gasteiger partial charge in [-0.1, -0.05) is 247 Å². The number of halogens is 7. The van der Waals surface area contributed by atoms with E-state index in [1.54, 1.807) is 68.5 Å². The molecule has 119 heavy (non-hydrogen) atoms. The molecule has 0 unspecified atom stereocenters. The molecule has 7 aromatic rings. The smallest absolute Gasteiger partial charge is 0.408 e. The van der Waals surface area contributed by atoms with Gasteiger partial charge in [-0.2, -0.15) is 4.40 Å². The number of alkyl halides is 1. The fourth-order valence-corrected chi connectivity index (χ4v) is 14.3. The van der Waals surface area contributed by atoms with E-state index < -0.39 is 87.0 Å². The Hall–Kier alpha value is -2.92. The van der Waals surface area contributed by atoms with Crippen molar-refractivity contribution in [3.05, 3.63) is 222 Å². The van der Waals surface area contributed by atoms with E-state index in [-0.39, 0.29) is 61.2 Å². The molecular formula is C87H130Br7N5O13S4Si3. The maximum Gasteiger partial charge on any atom is 0.408 e. The van der Waals surface area contributed by atoms with Gasteiger partial charge >= 0.3 is 6.09 Å². The predicted octanol–water partition coefficient (Wildman–Crippen LogP) is 25.5. The van der Waals surface area contributed by atoms with E-state index >= 15 is 0 Å². The molecule has 0 saturated heterocycles. The van der Waals surface area contributed by atoms with Gasteiger partial charge in [0, 0.05) is 54.6 Å². The number of aryl methyl sites for hydroxylation is 1. The molecular weight excluding hydrogens is 2090 g/mol. The lowest BCUT2D eigenvalue weighted by atomic mass is 10.1. The lowest BCUT2D eigenvalue weighted by Crippen LogP contribution is -2.44. The van der Waals surface area contributed by atoms with Crippen molar-refractivity contribution in [3.63, 3.8) is 0 Å². The molecule has 0 saturated carbocycles. The van der Waals surface area contributed by atoms with Crippen molar-refractivity contribution in [3.8, 4) is 0 Å². The van der Waals surface area contributed by atoms with Gasteiger partial charge in [0.25, 0.3) is 0 Å². The molecule has 0 bridgehead atoms. The van der Waals surface area contributed by atoms with E-state index in [4.69, 9.17) is 28.3 Å². The average molecular weight is 2230 g/mol. The van der Waals surface area contributed by atoms with Crippen LogP contribution in [0.5, 0.6) is 0 Å². The summed E-state index contributed by atoms with van der Waals surface area (Å²) in [6.45, 7) is 58.1. The van der Waals surface area contributed by atoms with Gasteiger partial charge in [0.15, 0.2) is 42.3 Å². The number of nitrogens with zero attached hydrogens (tertiary/aromatic N) is 2. The number of amides is 1.